The topological polar surface area (TPSA) is 43.4 Å². The van der Waals surface area contributed by atoms with E-state index in [4.69, 9.17) is 27.0 Å². The molecule has 0 unspecified atom stereocenters. The first-order valence-electron chi connectivity index (χ1n) is 5.79. The Morgan fingerprint density at radius 3 is 2.55 bits per heavy atom. The second-order valence-corrected chi connectivity index (χ2v) is 7.29. The highest BCUT2D eigenvalue weighted by Gasteiger charge is 2.12. The molecule has 6 heteroatoms. The fourth-order valence-electron chi connectivity index (χ4n) is 1.68. The predicted octanol–water partition coefficient (Wildman–Crippen LogP) is 4.15. The zero-order valence-corrected chi connectivity index (χ0v) is 13.0. The molecule has 0 saturated carbocycles. The molecule has 0 aliphatic rings. The third kappa shape index (κ3) is 3.88. The summed E-state index contributed by atoms with van der Waals surface area (Å²) in [7, 11) is 1.56. The van der Waals surface area contributed by atoms with Crippen LogP contribution in [0.25, 0.3) is 0 Å². The van der Waals surface area contributed by atoms with Crippen molar-refractivity contribution < 1.29 is 13.2 Å². The molecule has 0 radical (unpaired) electrons. The first-order valence-corrected chi connectivity index (χ1v) is 8.47. The number of aryl methyl sites for hydroxylation is 1. The van der Waals surface area contributed by atoms with Gasteiger partial charge in [0.25, 0.3) is 9.05 Å². The van der Waals surface area contributed by atoms with Gasteiger partial charge in [-0.15, -0.1) is 0 Å². The minimum atomic E-state index is -3.76. The van der Waals surface area contributed by atoms with E-state index in [2.05, 4.69) is 0 Å². The van der Waals surface area contributed by atoms with E-state index in [-0.39, 0.29) is 4.90 Å². The predicted molar refractivity (Wildman–Crippen MR) is 80.0 cm³/mol. The van der Waals surface area contributed by atoms with Crippen LogP contribution in [0.5, 0.6) is 5.75 Å². The molecule has 0 saturated heterocycles. The zero-order valence-electron chi connectivity index (χ0n) is 10.6. The van der Waals surface area contributed by atoms with Crippen molar-refractivity contribution in [2.75, 3.05) is 0 Å². The number of halogens is 2. The standard InChI is InChI=1S/C14H12Cl2O3S/c1-10-5-6-13(20(16,17)18)8-14(10)19-9-11-3-2-4-12(15)7-11/h2-8H,9H2,1H3. The minimum absolute atomic E-state index is 0.0193. The van der Waals surface area contributed by atoms with Gasteiger partial charge in [-0.1, -0.05) is 29.8 Å². The Morgan fingerprint density at radius 2 is 1.90 bits per heavy atom. The van der Waals surface area contributed by atoms with Gasteiger partial charge in [0.15, 0.2) is 0 Å². The molecule has 0 aliphatic heterocycles. The molecule has 0 fully saturated rings. The number of ether oxygens (including phenoxy) is 1. The molecule has 2 rings (SSSR count). The van der Waals surface area contributed by atoms with Crippen molar-refractivity contribution in [3.05, 3.63) is 58.6 Å². The first kappa shape index (κ1) is 15.2. The average Bonchev–Trinajstić information content (AvgIpc) is 2.36. The van der Waals surface area contributed by atoms with E-state index in [9.17, 15) is 8.42 Å². The maximum Gasteiger partial charge on any atom is 0.261 e. The van der Waals surface area contributed by atoms with Crippen LogP contribution in [0.4, 0.5) is 0 Å². The summed E-state index contributed by atoms with van der Waals surface area (Å²) in [5.74, 6) is 0.478. The summed E-state index contributed by atoms with van der Waals surface area (Å²) in [6, 6.07) is 11.8. The highest BCUT2D eigenvalue weighted by Crippen LogP contribution is 2.25. The Morgan fingerprint density at radius 1 is 1.15 bits per heavy atom. The summed E-state index contributed by atoms with van der Waals surface area (Å²) >= 11 is 5.89. The molecule has 0 heterocycles. The van der Waals surface area contributed by atoms with Crippen molar-refractivity contribution in [3.8, 4) is 5.75 Å². The summed E-state index contributed by atoms with van der Waals surface area (Å²) < 4.78 is 28.2. The second kappa shape index (κ2) is 6.04. The van der Waals surface area contributed by atoms with Crippen LogP contribution in [0.2, 0.25) is 5.02 Å². The Hall–Kier alpha value is -1.23. The average molecular weight is 331 g/mol. The van der Waals surface area contributed by atoms with Crippen molar-refractivity contribution in [1.82, 2.24) is 0 Å². The van der Waals surface area contributed by atoms with E-state index in [1.54, 1.807) is 18.2 Å². The maximum absolute atomic E-state index is 11.3. The third-order valence-corrected chi connectivity index (χ3v) is 4.31. The summed E-state index contributed by atoms with van der Waals surface area (Å²) in [6.45, 7) is 2.13. The highest BCUT2D eigenvalue weighted by atomic mass is 35.7. The van der Waals surface area contributed by atoms with E-state index in [1.165, 1.54) is 12.1 Å². The smallest absolute Gasteiger partial charge is 0.261 e. The fraction of sp³-hybridized carbons (Fsp3) is 0.143. The van der Waals surface area contributed by atoms with Gasteiger partial charge in [0.05, 0.1) is 4.90 Å². The van der Waals surface area contributed by atoms with Crippen molar-refractivity contribution in [1.29, 1.82) is 0 Å². The largest absolute Gasteiger partial charge is 0.489 e. The normalized spacial score (nSPS) is 11.3. The van der Waals surface area contributed by atoms with Gasteiger partial charge in [-0.3, -0.25) is 0 Å². The lowest BCUT2D eigenvalue weighted by Gasteiger charge is -2.10. The van der Waals surface area contributed by atoms with Crippen molar-refractivity contribution in [2.24, 2.45) is 0 Å². The Balaban J connectivity index is 2.21. The molecular formula is C14H12Cl2O3S. The Kier molecular flexibility index (Phi) is 4.58. The molecular weight excluding hydrogens is 319 g/mol. The first-order chi connectivity index (χ1) is 9.36. The molecule has 0 N–H and O–H groups in total. The summed E-state index contributed by atoms with van der Waals surface area (Å²) in [5, 5.41) is 0.625. The zero-order chi connectivity index (χ0) is 14.8. The number of benzene rings is 2. The fourth-order valence-corrected chi connectivity index (χ4v) is 2.65. The van der Waals surface area contributed by atoms with Crippen molar-refractivity contribution >= 4 is 31.3 Å². The lowest BCUT2D eigenvalue weighted by Crippen LogP contribution is -1.99. The van der Waals surface area contributed by atoms with Crippen LogP contribution >= 0.6 is 22.3 Å². The van der Waals surface area contributed by atoms with Crippen LogP contribution in [0, 0.1) is 6.92 Å². The number of hydrogen-bond donors (Lipinski definition) is 0. The van der Waals surface area contributed by atoms with Gasteiger partial charge in [-0.05, 0) is 36.2 Å². The molecule has 2 aromatic rings. The van der Waals surface area contributed by atoms with Crippen LogP contribution in [0.1, 0.15) is 11.1 Å². The molecule has 0 amide bonds. The van der Waals surface area contributed by atoms with Crippen molar-refractivity contribution in [3.63, 3.8) is 0 Å². The second-order valence-electron chi connectivity index (χ2n) is 4.28. The van der Waals surface area contributed by atoms with Gasteiger partial charge in [0.1, 0.15) is 12.4 Å². The van der Waals surface area contributed by atoms with Crippen LogP contribution in [0.15, 0.2) is 47.4 Å². The quantitative estimate of drug-likeness (QED) is 0.790. The lowest BCUT2D eigenvalue weighted by molar-refractivity contribution is 0.303. The summed E-state index contributed by atoms with van der Waals surface area (Å²) in [5.41, 5.74) is 1.73. The Labute approximate surface area is 127 Å². The van der Waals surface area contributed by atoms with Gasteiger partial charge >= 0.3 is 0 Å². The van der Waals surface area contributed by atoms with Gasteiger partial charge in [0.2, 0.25) is 0 Å². The summed E-state index contributed by atoms with van der Waals surface area (Å²) in [4.78, 5) is 0.0193. The third-order valence-electron chi connectivity index (χ3n) is 2.72. The van der Waals surface area contributed by atoms with Crippen LogP contribution in [0.3, 0.4) is 0 Å². The lowest BCUT2D eigenvalue weighted by atomic mass is 10.2. The molecule has 0 aliphatic carbocycles. The molecule has 0 bridgehead atoms. The van der Waals surface area contributed by atoms with Gasteiger partial charge in [0, 0.05) is 21.8 Å². The summed E-state index contributed by atoms with van der Waals surface area (Å²) in [6.07, 6.45) is 0. The molecule has 106 valence electrons. The molecule has 20 heavy (non-hydrogen) atoms. The molecule has 2 aromatic carbocycles. The van der Waals surface area contributed by atoms with Crippen LogP contribution in [-0.4, -0.2) is 8.42 Å². The van der Waals surface area contributed by atoms with Crippen LogP contribution < -0.4 is 4.74 Å². The van der Waals surface area contributed by atoms with E-state index in [0.29, 0.717) is 17.4 Å². The minimum Gasteiger partial charge on any atom is -0.489 e. The molecule has 0 atom stereocenters. The molecule has 3 nitrogen and oxygen atoms in total. The molecule has 0 aromatic heterocycles. The highest BCUT2D eigenvalue weighted by molar-refractivity contribution is 8.13. The number of hydrogen-bond acceptors (Lipinski definition) is 3. The van der Waals surface area contributed by atoms with E-state index >= 15 is 0 Å². The SMILES string of the molecule is Cc1ccc(S(=O)(=O)Cl)cc1OCc1cccc(Cl)c1. The Bertz CT molecular complexity index is 727. The van der Waals surface area contributed by atoms with Crippen LogP contribution in [-0.2, 0) is 15.7 Å². The van der Waals surface area contributed by atoms with E-state index in [1.807, 2.05) is 19.1 Å². The van der Waals surface area contributed by atoms with E-state index < -0.39 is 9.05 Å². The van der Waals surface area contributed by atoms with Crippen molar-refractivity contribution in [2.45, 2.75) is 18.4 Å². The van der Waals surface area contributed by atoms with Gasteiger partial charge in [-0.2, -0.15) is 0 Å². The van der Waals surface area contributed by atoms with Gasteiger partial charge in [-0.25, -0.2) is 8.42 Å². The monoisotopic (exact) mass is 330 g/mol. The molecule has 0 spiro atoms. The van der Waals surface area contributed by atoms with E-state index in [0.717, 1.165) is 11.1 Å². The number of rotatable bonds is 4. The maximum atomic E-state index is 11.3. The van der Waals surface area contributed by atoms with Gasteiger partial charge < -0.3 is 4.74 Å².